The highest BCUT2D eigenvalue weighted by atomic mass is 35.5. The summed E-state index contributed by atoms with van der Waals surface area (Å²) in [5.41, 5.74) is -0.588. The van der Waals surface area contributed by atoms with Crippen LogP contribution in [-0.2, 0) is 21.4 Å². The van der Waals surface area contributed by atoms with Crippen LogP contribution in [0.4, 0.5) is 11.4 Å². The fraction of sp³-hybridized carbons (Fsp3) is 0.167. The van der Waals surface area contributed by atoms with E-state index in [9.17, 15) is 28.1 Å². The van der Waals surface area contributed by atoms with Crippen LogP contribution in [0.5, 0.6) is 0 Å². The third-order valence-corrected chi connectivity index (χ3v) is 6.46. The van der Waals surface area contributed by atoms with E-state index >= 15 is 0 Å². The summed E-state index contributed by atoms with van der Waals surface area (Å²) in [5, 5.41) is 13.6. The molecule has 0 aliphatic carbocycles. The van der Waals surface area contributed by atoms with Gasteiger partial charge >= 0.3 is 0 Å². The SMILES string of the molecule is CN(C)S(=O)(=O)c1ccc(Cl)c(NC(=O)Cn2cnc3cc([N+](=O)[O-])ccc3c2=O)c1. The largest absolute Gasteiger partial charge is 0.323 e. The number of anilines is 1. The van der Waals surface area contributed by atoms with E-state index in [1.54, 1.807) is 0 Å². The maximum atomic E-state index is 12.6. The van der Waals surface area contributed by atoms with E-state index in [0.717, 1.165) is 21.3 Å². The number of halogens is 1. The van der Waals surface area contributed by atoms with E-state index in [-0.39, 0.29) is 32.2 Å². The van der Waals surface area contributed by atoms with Gasteiger partial charge in [0.25, 0.3) is 11.2 Å². The molecule has 2 aromatic carbocycles. The van der Waals surface area contributed by atoms with Crippen LogP contribution >= 0.6 is 11.6 Å². The standard InChI is InChI=1S/C18H16ClN5O6S/c1-22(2)31(29,30)12-4-6-14(19)16(8-12)21-17(25)9-23-10-20-15-7-11(24(27)28)3-5-13(15)18(23)26/h3-8,10H,9H2,1-2H3,(H,21,25). The topological polar surface area (TPSA) is 145 Å². The van der Waals surface area contributed by atoms with Gasteiger partial charge in [-0.05, 0) is 24.3 Å². The Bertz CT molecular complexity index is 1370. The average Bonchev–Trinajstić information content (AvgIpc) is 2.71. The summed E-state index contributed by atoms with van der Waals surface area (Å²) in [6.07, 6.45) is 1.10. The van der Waals surface area contributed by atoms with Gasteiger partial charge in [0, 0.05) is 26.2 Å². The first-order valence-electron chi connectivity index (χ1n) is 8.66. The zero-order valence-electron chi connectivity index (χ0n) is 16.3. The van der Waals surface area contributed by atoms with Crippen molar-refractivity contribution in [2.45, 2.75) is 11.4 Å². The summed E-state index contributed by atoms with van der Waals surface area (Å²) >= 11 is 6.06. The van der Waals surface area contributed by atoms with Gasteiger partial charge in [-0.2, -0.15) is 0 Å². The van der Waals surface area contributed by atoms with Crippen LogP contribution < -0.4 is 10.9 Å². The van der Waals surface area contributed by atoms with Crippen LogP contribution in [0.3, 0.4) is 0 Å². The number of non-ortho nitro benzene ring substituents is 1. The molecule has 13 heteroatoms. The van der Waals surface area contributed by atoms with Gasteiger partial charge in [-0.25, -0.2) is 17.7 Å². The molecule has 162 valence electrons. The van der Waals surface area contributed by atoms with Gasteiger partial charge < -0.3 is 5.32 Å². The van der Waals surface area contributed by atoms with Crippen molar-refractivity contribution in [3.8, 4) is 0 Å². The fourth-order valence-electron chi connectivity index (χ4n) is 2.69. The molecule has 0 atom stereocenters. The summed E-state index contributed by atoms with van der Waals surface area (Å²) in [7, 11) is -0.999. The van der Waals surface area contributed by atoms with Crippen LogP contribution in [0, 0.1) is 10.1 Å². The monoisotopic (exact) mass is 465 g/mol. The summed E-state index contributed by atoms with van der Waals surface area (Å²) in [6, 6.07) is 7.47. The van der Waals surface area contributed by atoms with Crippen molar-refractivity contribution < 1.29 is 18.1 Å². The Morgan fingerprint density at radius 2 is 1.97 bits per heavy atom. The first kappa shape index (κ1) is 22.3. The predicted molar refractivity (Wildman–Crippen MR) is 114 cm³/mol. The van der Waals surface area contributed by atoms with Gasteiger partial charge in [-0.3, -0.25) is 24.3 Å². The second-order valence-corrected chi connectivity index (χ2v) is 9.17. The lowest BCUT2D eigenvalue weighted by Gasteiger charge is -2.14. The number of hydrogen-bond donors (Lipinski definition) is 1. The molecule has 3 rings (SSSR count). The van der Waals surface area contributed by atoms with Crippen LogP contribution in [0.15, 0.2) is 52.4 Å². The van der Waals surface area contributed by atoms with Crippen molar-refractivity contribution >= 4 is 49.8 Å². The molecule has 0 bridgehead atoms. The number of hydrogen-bond acceptors (Lipinski definition) is 7. The molecule has 1 N–H and O–H groups in total. The number of rotatable bonds is 6. The van der Waals surface area contributed by atoms with Crippen LogP contribution in [0.2, 0.25) is 5.02 Å². The van der Waals surface area contributed by atoms with Gasteiger partial charge in [-0.1, -0.05) is 11.6 Å². The number of carbonyl (C=O) groups is 1. The highest BCUT2D eigenvalue weighted by molar-refractivity contribution is 7.89. The zero-order chi connectivity index (χ0) is 22.9. The number of nitro groups is 1. The number of aromatic nitrogens is 2. The van der Waals surface area contributed by atoms with Crippen LogP contribution in [0.25, 0.3) is 10.9 Å². The van der Waals surface area contributed by atoms with Crippen molar-refractivity contribution in [1.29, 1.82) is 0 Å². The summed E-state index contributed by atoms with van der Waals surface area (Å²) in [6.45, 7) is -0.431. The molecular formula is C18H16ClN5O6S. The third-order valence-electron chi connectivity index (χ3n) is 4.32. The predicted octanol–water partition coefficient (Wildman–Crippen LogP) is 1.85. The van der Waals surface area contributed by atoms with E-state index < -0.39 is 33.0 Å². The number of sulfonamides is 1. The minimum Gasteiger partial charge on any atom is -0.323 e. The summed E-state index contributed by atoms with van der Waals surface area (Å²) in [5.74, 6) is -0.647. The van der Waals surface area contributed by atoms with Crippen molar-refractivity contribution in [3.05, 3.63) is 68.2 Å². The lowest BCUT2D eigenvalue weighted by Crippen LogP contribution is -2.28. The van der Waals surface area contributed by atoms with E-state index in [1.165, 1.54) is 44.4 Å². The number of fused-ring (bicyclic) bond motifs is 1. The van der Waals surface area contributed by atoms with E-state index in [0.29, 0.717) is 0 Å². The zero-order valence-corrected chi connectivity index (χ0v) is 17.8. The van der Waals surface area contributed by atoms with Gasteiger partial charge in [-0.15, -0.1) is 0 Å². The van der Waals surface area contributed by atoms with Gasteiger partial charge in [0.1, 0.15) is 6.54 Å². The quantitative estimate of drug-likeness (QED) is 0.432. The molecule has 31 heavy (non-hydrogen) atoms. The Kier molecular flexibility index (Phi) is 6.06. The van der Waals surface area contributed by atoms with Gasteiger partial charge in [0.2, 0.25) is 15.9 Å². The maximum absolute atomic E-state index is 12.6. The molecule has 0 spiro atoms. The second-order valence-electron chi connectivity index (χ2n) is 6.61. The van der Waals surface area contributed by atoms with Crippen molar-refractivity contribution in [3.63, 3.8) is 0 Å². The molecule has 0 unspecified atom stereocenters. The highest BCUT2D eigenvalue weighted by Crippen LogP contribution is 2.26. The molecule has 3 aromatic rings. The lowest BCUT2D eigenvalue weighted by atomic mass is 10.2. The number of nitrogens with zero attached hydrogens (tertiary/aromatic N) is 4. The number of benzene rings is 2. The normalized spacial score (nSPS) is 11.6. The number of amides is 1. The number of carbonyl (C=O) groups excluding carboxylic acids is 1. The molecular weight excluding hydrogens is 450 g/mol. The average molecular weight is 466 g/mol. The maximum Gasteiger partial charge on any atom is 0.271 e. The molecule has 1 amide bonds. The Morgan fingerprint density at radius 1 is 1.26 bits per heavy atom. The molecule has 0 radical (unpaired) electrons. The van der Waals surface area contributed by atoms with Crippen molar-refractivity contribution in [1.82, 2.24) is 13.9 Å². The molecule has 11 nitrogen and oxygen atoms in total. The smallest absolute Gasteiger partial charge is 0.271 e. The Morgan fingerprint density at radius 3 is 2.61 bits per heavy atom. The second kappa shape index (κ2) is 8.41. The Labute approximate surface area is 181 Å². The van der Waals surface area contributed by atoms with Crippen molar-refractivity contribution in [2.75, 3.05) is 19.4 Å². The number of nitrogens with one attached hydrogen (secondary N) is 1. The Balaban J connectivity index is 1.87. The van der Waals surface area contributed by atoms with Crippen LogP contribution in [-0.4, -0.2) is 47.2 Å². The fourth-order valence-corrected chi connectivity index (χ4v) is 3.78. The van der Waals surface area contributed by atoms with Gasteiger partial charge in [0.05, 0.1) is 37.8 Å². The van der Waals surface area contributed by atoms with E-state index in [4.69, 9.17) is 11.6 Å². The van der Waals surface area contributed by atoms with Gasteiger partial charge in [0.15, 0.2) is 0 Å². The molecule has 0 saturated carbocycles. The molecule has 0 aliphatic rings. The summed E-state index contributed by atoms with van der Waals surface area (Å²) in [4.78, 5) is 39.2. The van der Waals surface area contributed by atoms with E-state index in [1.807, 2.05) is 0 Å². The molecule has 0 aliphatic heterocycles. The van der Waals surface area contributed by atoms with Crippen LogP contribution in [0.1, 0.15) is 0 Å². The highest BCUT2D eigenvalue weighted by Gasteiger charge is 2.19. The first-order chi connectivity index (χ1) is 14.5. The Hall–Kier alpha value is -3.35. The molecule has 1 heterocycles. The minimum absolute atomic E-state index is 0.0620. The first-order valence-corrected chi connectivity index (χ1v) is 10.5. The summed E-state index contributed by atoms with van der Waals surface area (Å²) < 4.78 is 26.6. The number of nitro benzene ring substituents is 1. The minimum atomic E-state index is -3.74. The third kappa shape index (κ3) is 4.55. The molecule has 1 aromatic heterocycles. The lowest BCUT2D eigenvalue weighted by molar-refractivity contribution is -0.384. The van der Waals surface area contributed by atoms with Crippen molar-refractivity contribution in [2.24, 2.45) is 0 Å². The molecule has 0 fully saturated rings. The molecule has 0 saturated heterocycles. The van der Waals surface area contributed by atoms with E-state index in [2.05, 4.69) is 10.3 Å².